The van der Waals surface area contributed by atoms with Crippen LogP contribution < -0.4 is 0 Å². The number of allylic oxidation sites excluding steroid dienone is 1. The van der Waals surface area contributed by atoms with Crippen molar-refractivity contribution in [1.82, 2.24) is 0 Å². The molecule has 0 spiro atoms. The van der Waals surface area contributed by atoms with Crippen LogP contribution in [0.25, 0.3) is 0 Å². The Labute approximate surface area is 95.5 Å². The highest BCUT2D eigenvalue weighted by Crippen LogP contribution is 2.56. The first kappa shape index (κ1) is 14.2. The van der Waals surface area contributed by atoms with Crippen molar-refractivity contribution in [3.63, 3.8) is 0 Å². The summed E-state index contributed by atoms with van der Waals surface area (Å²) in [5.74, 6) is 0. The van der Waals surface area contributed by atoms with Gasteiger partial charge in [0.15, 0.2) is 7.38 Å². The van der Waals surface area contributed by atoms with E-state index in [1.165, 1.54) is 0 Å². The molecular formula is C12H25ClSi. The van der Waals surface area contributed by atoms with Crippen LogP contribution in [0.15, 0.2) is 12.7 Å². The van der Waals surface area contributed by atoms with Crippen molar-refractivity contribution in [1.29, 1.82) is 0 Å². The van der Waals surface area contributed by atoms with Gasteiger partial charge in [0.25, 0.3) is 0 Å². The normalized spacial score (nSPS) is 14.2. The van der Waals surface area contributed by atoms with Crippen LogP contribution in [-0.4, -0.2) is 7.38 Å². The van der Waals surface area contributed by atoms with Gasteiger partial charge in [-0.05, 0) is 22.5 Å². The Morgan fingerprint density at radius 3 is 1.64 bits per heavy atom. The Kier molecular flexibility index (Phi) is 4.48. The highest BCUT2D eigenvalue weighted by atomic mass is 35.6. The number of hydrogen-bond acceptors (Lipinski definition) is 0. The molecule has 0 aromatic heterocycles. The SMILES string of the molecule is C=CCC[Si](Cl)(C(C)(C)C)C(C)(C)C. The highest BCUT2D eigenvalue weighted by Gasteiger charge is 2.51. The topological polar surface area (TPSA) is 0 Å². The van der Waals surface area contributed by atoms with Crippen LogP contribution in [0.4, 0.5) is 0 Å². The Bertz CT molecular complexity index is 181. The fourth-order valence-corrected chi connectivity index (χ4v) is 6.86. The van der Waals surface area contributed by atoms with Crippen LogP contribution in [-0.2, 0) is 0 Å². The minimum absolute atomic E-state index is 0.246. The lowest BCUT2D eigenvalue weighted by molar-refractivity contribution is 0.625. The van der Waals surface area contributed by atoms with Crippen molar-refractivity contribution >= 4 is 18.5 Å². The van der Waals surface area contributed by atoms with Crippen molar-refractivity contribution in [2.45, 2.75) is 64.1 Å². The van der Waals surface area contributed by atoms with E-state index in [1.54, 1.807) is 0 Å². The van der Waals surface area contributed by atoms with E-state index in [0.29, 0.717) is 0 Å². The molecule has 14 heavy (non-hydrogen) atoms. The zero-order valence-electron chi connectivity index (χ0n) is 10.6. The van der Waals surface area contributed by atoms with Crippen LogP contribution in [0.2, 0.25) is 16.1 Å². The second kappa shape index (κ2) is 4.40. The molecule has 0 amide bonds. The highest BCUT2D eigenvalue weighted by molar-refractivity contribution is 7.23. The molecule has 0 rings (SSSR count). The summed E-state index contributed by atoms with van der Waals surface area (Å²) in [5, 5.41) is 0.492. The number of halogens is 1. The molecule has 0 N–H and O–H groups in total. The molecule has 0 radical (unpaired) electrons. The van der Waals surface area contributed by atoms with Gasteiger partial charge in [-0.1, -0.05) is 47.6 Å². The summed E-state index contributed by atoms with van der Waals surface area (Å²) in [7, 11) is -1.77. The van der Waals surface area contributed by atoms with Gasteiger partial charge in [-0.15, -0.1) is 6.58 Å². The molecule has 0 unspecified atom stereocenters. The lowest BCUT2D eigenvalue weighted by Gasteiger charge is -2.47. The van der Waals surface area contributed by atoms with E-state index in [4.69, 9.17) is 11.1 Å². The first-order valence-electron chi connectivity index (χ1n) is 5.36. The molecule has 0 aliphatic rings. The molecule has 0 heterocycles. The Hall–Kier alpha value is 0.247. The standard InChI is InChI=1S/C12H25ClSi/c1-8-9-10-14(13,11(2,3)4)12(5,6)7/h8H,1,9-10H2,2-7H3. The summed E-state index contributed by atoms with van der Waals surface area (Å²) in [6.45, 7) is 17.5. The van der Waals surface area contributed by atoms with Gasteiger partial charge in [0, 0.05) is 0 Å². The first-order valence-corrected chi connectivity index (χ1v) is 8.58. The molecule has 0 nitrogen and oxygen atoms in total. The second-order valence-electron chi connectivity index (χ2n) is 6.13. The van der Waals surface area contributed by atoms with Crippen LogP contribution in [0.5, 0.6) is 0 Å². The molecule has 2 heteroatoms. The number of hydrogen-bond donors (Lipinski definition) is 0. The van der Waals surface area contributed by atoms with E-state index in [-0.39, 0.29) is 10.1 Å². The van der Waals surface area contributed by atoms with Gasteiger partial charge in [0.1, 0.15) is 0 Å². The second-order valence-corrected chi connectivity index (χ2v) is 13.2. The monoisotopic (exact) mass is 232 g/mol. The van der Waals surface area contributed by atoms with Crippen molar-refractivity contribution in [2.24, 2.45) is 0 Å². The van der Waals surface area contributed by atoms with Crippen molar-refractivity contribution in [2.75, 3.05) is 0 Å². The van der Waals surface area contributed by atoms with Gasteiger partial charge < -0.3 is 0 Å². The summed E-state index contributed by atoms with van der Waals surface area (Å²) in [4.78, 5) is 0. The van der Waals surface area contributed by atoms with E-state index in [2.05, 4.69) is 48.1 Å². The Morgan fingerprint density at radius 1 is 1.07 bits per heavy atom. The summed E-state index contributed by atoms with van der Waals surface area (Å²) in [6.07, 6.45) is 3.03. The van der Waals surface area contributed by atoms with Gasteiger partial charge in [-0.2, -0.15) is 11.1 Å². The molecular weight excluding hydrogens is 208 g/mol. The lowest BCUT2D eigenvalue weighted by atomic mass is 10.2. The minimum atomic E-state index is -1.77. The first-order chi connectivity index (χ1) is 6.06. The van der Waals surface area contributed by atoms with Gasteiger partial charge in [-0.3, -0.25) is 0 Å². The van der Waals surface area contributed by atoms with Crippen LogP contribution in [0, 0.1) is 0 Å². The average Bonchev–Trinajstić information content (AvgIpc) is 1.95. The molecule has 0 saturated heterocycles. The summed E-state index contributed by atoms with van der Waals surface area (Å²) < 4.78 is 0. The molecule has 0 aliphatic heterocycles. The zero-order chi connectivity index (χ0) is 11.6. The quantitative estimate of drug-likeness (QED) is 0.350. The zero-order valence-corrected chi connectivity index (χ0v) is 12.3. The van der Waals surface area contributed by atoms with Crippen molar-refractivity contribution < 1.29 is 0 Å². The van der Waals surface area contributed by atoms with Gasteiger partial charge in [-0.25, -0.2) is 0 Å². The molecule has 0 bridgehead atoms. The predicted molar refractivity (Wildman–Crippen MR) is 70.7 cm³/mol. The van der Waals surface area contributed by atoms with E-state index in [1.807, 2.05) is 6.08 Å². The third-order valence-electron chi connectivity index (χ3n) is 3.07. The molecule has 0 saturated carbocycles. The van der Waals surface area contributed by atoms with E-state index in [9.17, 15) is 0 Å². The molecule has 0 aromatic rings. The van der Waals surface area contributed by atoms with Gasteiger partial charge >= 0.3 is 0 Å². The maximum Gasteiger partial charge on any atom is 0.167 e. The Morgan fingerprint density at radius 2 is 1.43 bits per heavy atom. The smallest absolute Gasteiger partial charge is 0.166 e. The maximum atomic E-state index is 6.96. The summed E-state index contributed by atoms with van der Waals surface area (Å²) in [5.41, 5.74) is 0. The fourth-order valence-electron chi connectivity index (χ4n) is 2.18. The predicted octanol–water partition coefficient (Wildman–Crippen LogP) is 5.35. The van der Waals surface area contributed by atoms with Gasteiger partial charge in [0.05, 0.1) is 0 Å². The summed E-state index contributed by atoms with van der Waals surface area (Å²) >= 11 is 6.96. The van der Waals surface area contributed by atoms with Gasteiger partial charge in [0.2, 0.25) is 0 Å². The third kappa shape index (κ3) is 2.87. The van der Waals surface area contributed by atoms with E-state index < -0.39 is 7.38 Å². The minimum Gasteiger partial charge on any atom is -0.166 e. The molecule has 0 aliphatic carbocycles. The van der Waals surface area contributed by atoms with Crippen molar-refractivity contribution in [3.05, 3.63) is 12.7 Å². The maximum absolute atomic E-state index is 6.96. The van der Waals surface area contributed by atoms with Crippen LogP contribution >= 0.6 is 11.1 Å². The van der Waals surface area contributed by atoms with E-state index >= 15 is 0 Å². The summed E-state index contributed by atoms with van der Waals surface area (Å²) in [6, 6.07) is 1.13. The molecule has 0 atom stereocenters. The lowest BCUT2D eigenvalue weighted by Crippen LogP contribution is -2.46. The third-order valence-corrected chi connectivity index (χ3v) is 12.8. The van der Waals surface area contributed by atoms with Crippen LogP contribution in [0.3, 0.4) is 0 Å². The average molecular weight is 233 g/mol. The molecule has 0 fully saturated rings. The largest absolute Gasteiger partial charge is 0.167 e. The fraction of sp³-hybridized carbons (Fsp3) is 0.833. The Balaban J connectivity index is 4.96. The van der Waals surface area contributed by atoms with E-state index in [0.717, 1.165) is 12.5 Å². The van der Waals surface area contributed by atoms with Crippen LogP contribution in [0.1, 0.15) is 48.0 Å². The molecule has 0 aromatic carbocycles. The number of rotatable bonds is 3. The van der Waals surface area contributed by atoms with Crippen molar-refractivity contribution in [3.8, 4) is 0 Å². The molecule has 84 valence electrons.